The summed E-state index contributed by atoms with van der Waals surface area (Å²) in [6.07, 6.45) is 2.06. The van der Waals surface area contributed by atoms with Gasteiger partial charge in [-0.15, -0.1) is 0 Å². The van der Waals surface area contributed by atoms with Gasteiger partial charge in [-0.25, -0.2) is 9.63 Å². The lowest BCUT2D eigenvalue weighted by Crippen LogP contribution is -2.27. The normalized spacial score (nSPS) is 12.0. The monoisotopic (exact) mass is 390 g/mol. The van der Waals surface area contributed by atoms with E-state index in [1.807, 2.05) is 6.92 Å². The van der Waals surface area contributed by atoms with Crippen molar-refractivity contribution in [1.29, 1.82) is 0 Å². The predicted molar refractivity (Wildman–Crippen MR) is 103 cm³/mol. The highest BCUT2D eigenvalue weighted by molar-refractivity contribution is 7.89. The van der Waals surface area contributed by atoms with Gasteiger partial charge in [0.1, 0.15) is 11.3 Å². The van der Waals surface area contributed by atoms with Crippen molar-refractivity contribution in [3.05, 3.63) is 53.9 Å². The van der Waals surface area contributed by atoms with Gasteiger partial charge in [0.2, 0.25) is 0 Å². The fourth-order valence-electron chi connectivity index (χ4n) is 1.97. The van der Waals surface area contributed by atoms with Crippen molar-refractivity contribution < 1.29 is 17.9 Å². The van der Waals surface area contributed by atoms with Gasteiger partial charge in [0, 0.05) is 6.20 Å². The summed E-state index contributed by atoms with van der Waals surface area (Å²) in [6.45, 7) is 7.11. The van der Waals surface area contributed by atoms with Gasteiger partial charge >= 0.3 is 6.09 Å². The van der Waals surface area contributed by atoms with Crippen molar-refractivity contribution in [2.75, 3.05) is 5.32 Å². The van der Waals surface area contributed by atoms with Crippen LogP contribution in [-0.2, 0) is 14.8 Å². The number of benzene rings is 1. The Labute approximate surface area is 158 Å². The van der Waals surface area contributed by atoms with Crippen LogP contribution in [-0.4, -0.2) is 31.3 Å². The minimum absolute atomic E-state index is 0.0957. The van der Waals surface area contributed by atoms with E-state index in [0.29, 0.717) is 5.69 Å². The summed E-state index contributed by atoms with van der Waals surface area (Å²) in [5.74, 6) is 0. The highest BCUT2D eigenvalue weighted by Crippen LogP contribution is 2.14. The Hall–Kier alpha value is -2.94. The highest BCUT2D eigenvalue weighted by Gasteiger charge is 2.17. The van der Waals surface area contributed by atoms with E-state index in [1.54, 1.807) is 45.0 Å². The molecule has 2 rings (SSSR count). The number of aromatic nitrogens is 1. The molecule has 0 aliphatic carbocycles. The standard InChI is InChI=1S/C18H22N4O4S/c1-13-7-9-14(10-8-13)27(24,25)22-20-12-16-15(6-5-11-19-16)21-17(23)26-18(2,3)4/h5-12,22H,1-4H3,(H,21,23). The second-order valence-electron chi connectivity index (χ2n) is 6.73. The minimum atomic E-state index is -3.79. The van der Waals surface area contributed by atoms with Crippen LogP contribution in [0.4, 0.5) is 10.5 Å². The molecule has 2 N–H and O–H groups in total. The number of nitrogens with zero attached hydrogens (tertiary/aromatic N) is 2. The van der Waals surface area contributed by atoms with Crippen LogP contribution in [0.5, 0.6) is 0 Å². The third kappa shape index (κ3) is 6.37. The summed E-state index contributed by atoms with van der Waals surface area (Å²) in [7, 11) is -3.79. The average molecular weight is 390 g/mol. The fraction of sp³-hybridized carbons (Fsp3) is 0.278. The first-order valence-corrected chi connectivity index (χ1v) is 9.62. The third-order valence-corrected chi connectivity index (χ3v) is 4.40. The highest BCUT2D eigenvalue weighted by atomic mass is 32.2. The lowest BCUT2D eigenvalue weighted by atomic mass is 10.2. The van der Waals surface area contributed by atoms with Crippen LogP contribution in [0.1, 0.15) is 32.0 Å². The molecule has 0 atom stereocenters. The first kappa shape index (κ1) is 20.4. The van der Waals surface area contributed by atoms with Crippen molar-refractivity contribution >= 4 is 28.0 Å². The molecule has 0 fully saturated rings. The molecule has 144 valence electrons. The largest absolute Gasteiger partial charge is 0.444 e. The second kappa shape index (κ2) is 8.17. The zero-order valence-corrected chi connectivity index (χ0v) is 16.4. The molecular weight excluding hydrogens is 368 g/mol. The molecule has 1 aromatic carbocycles. The first-order chi connectivity index (χ1) is 12.6. The Morgan fingerprint density at radius 3 is 2.48 bits per heavy atom. The van der Waals surface area contributed by atoms with Gasteiger partial charge in [0.15, 0.2) is 0 Å². The Kier molecular flexibility index (Phi) is 6.17. The van der Waals surface area contributed by atoms with Gasteiger partial charge in [0.05, 0.1) is 16.8 Å². The van der Waals surface area contributed by atoms with E-state index in [4.69, 9.17) is 4.74 Å². The molecule has 9 heteroatoms. The zero-order valence-electron chi connectivity index (χ0n) is 15.6. The lowest BCUT2D eigenvalue weighted by molar-refractivity contribution is 0.0636. The number of pyridine rings is 1. The number of hydrogen-bond donors (Lipinski definition) is 2. The fourth-order valence-corrected chi connectivity index (χ4v) is 2.76. The maximum atomic E-state index is 12.2. The van der Waals surface area contributed by atoms with Crippen molar-refractivity contribution in [2.45, 2.75) is 38.2 Å². The molecule has 1 aromatic heterocycles. The first-order valence-electron chi connectivity index (χ1n) is 8.13. The molecule has 0 unspecified atom stereocenters. The predicted octanol–water partition coefficient (Wildman–Crippen LogP) is 3.05. The Morgan fingerprint density at radius 1 is 1.19 bits per heavy atom. The smallest absolute Gasteiger partial charge is 0.412 e. The molecule has 0 spiro atoms. The van der Waals surface area contributed by atoms with E-state index in [-0.39, 0.29) is 10.6 Å². The van der Waals surface area contributed by atoms with Crippen LogP contribution in [0, 0.1) is 6.92 Å². The summed E-state index contributed by atoms with van der Waals surface area (Å²) in [6, 6.07) is 9.60. The van der Waals surface area contributed by atoms with Crippen molar-refractivity contribution in [3.63, 3.8) is 0 Å². The summed E-state index contributed by atoms with van der Waals surface area (Å²) in [5.41, 5.74) is 0.910. The van der Waals surface area contributed by atoms with E-state index in [1.165, 1.54) is 24.5 Å². The molecule has 2 aromatic rings. The van der Waals surface area contributed by atoms with Crippen LogP contribution in [0.2, 0.25) is 0 Å². The van der Waals surface area contributed by atoms with Gasteiger partial charge in [-0.2, -0.15) is 13.5 Å². The number of amides is 1. The van der Waals surface area contributed by atoms with E-state index in [9.17, 15) is 13.2 Å². The minimum Gasteiger partial charge on any atom is -0.444 e. The van der Waals surface area contributed by atoms with Crippen molar-refractivity contribution in [2.24, 2.45) is 5.10 Å². The Balaban J connectivity index is 2.11. The van der Waals surface area contributed by atoms with Gasteiger partial charge < -0.3 is 4.74 Å². The Morgan fingerprint density at radius 2 is 1.85 bits per heavy atom. The molecule has 0 radical (unpaired) electrons. The van der Waals surface area contributed by atoms with E-state index < -0.39 is 21.7 Å². The summed E-state index contributed by atoms with van der Waals surface area (Å²) < 4.78 is 29.6. The third-order valence-electron chi connectivity index (χ3n) is 3.17. The molecule has 1 amide bonds. The van der Waals surface area contributed by atoms with Crippen LogP contribution < -0.4 is 10.1 Å². The lowest BCUT2D eigenvalue weighted by Gasteiger charge is -2.19. The molecule has 8 nitrogen and oxygen atoms in total. The van der Waals surface area contributed by atoms with E-state index in [2.05, 4.69) is 20.2 Å². The molecule has 0 saturated carbocycles. The van der Waals surface area contributed by atoms with Gasteiger partial charge in [-0.3, -0.25) is 10.3 Å². The van der Waals surface area contributed by atoms with Crippen molar-refractivity contribution in [1.82, 2.24) is 9.82 Å². The van der Waals surface area contributed by atoms with Crippen molar-refractivity contribution in [3.8, 4) is 0 Å². The average Bonchev–Trinajstić information content (AvgIpc) is 2.55. The molecule has 0 aliphatic heterocycles. The van der Waals surface area contributed by atoms with Gasteiger partial charge in [-0.05, 0) is 52.0 Å². The molecule has 0 bridgehead atoms. The van der Waals surface area contributed by atoms with Crippen LogP contribution >= 0.6 is 0 Å². The SMILES string of the molecule is Cc1ccc(S(=O)(=O)NN=Cc2ncccc2NC(=O)OC(C)(C)C)cc1. The summed E-state index contributed by atoms with van der Waals surface area (Å²) in [5, 5.41) is 6.30. The number of carbonyl (C=O) groups excluding carboxylic acids is 1. The number of ether oxygens (including phenoxy) is 1. The number of anilines is 1. The molecule has 0 aliphatic rings. The number of aryl methyl sites for hydroxylation is 1. The maximum absolute atomic E-state index is 12.2. The van der Waals surface area contributed by atoms with E-state index >= 15 is 0 Å². The number of carbonyl (C=O) groups is 1. The number of rotatable bonds is 5. The van der Waals surface area contributed by atoms with Gasteiger partial charge in [-0.1, -0.05) is 17.7 Å². The maximum Gasteiger partial charge on any atom is 0.412 e. The number of sulfonamides is 1. The molecular formula is C18H22N4O4S. The van der Waals surface area contributed by atoms with Gasteiger partial charge in [0.25, 0.3) is 10.0 Å². The molecule has 1 heterocycles. The molecule has 27 heavy (non-hydrogen) atoms. The number of nitrogens with one attached hydrogen (secondary N) is 2. The quantitative estimate of drug-likeness (QED) is 0.602. The number of hydrazone groups is 1. The topological polar surface area (TPSA) is 110 Å². The number of hydrogen-bond acceptors (Lipinski definition) is 6. The summed E-state index contributed by atoms with van der Waals surface area (Å²) >= 11 is 0. The zero-order chi connectivity index (χ0) is 20.1. The van der Waals surface area contributed by atoms with Crippen LogP contribution in [0.3, 0.4) is 0 Å². The van der Waals surface area contributed by atoms with E-state index in [0.717, 1.165) is 5.56 Å². The Bertz CT molecular complexity index is 933. The second-order valence-corrected chi connectivity index (χ2v) is 8.39. The molecule has 0 saturated heterocycles. The van der Waals surface area contributed by atoms with Crippen LogP contribution in [0.15, 0.2) is 52.6 Å². The summed E-state index contributed by atoms with van der Waals surface area (Å²) in [4.78, 5) is 18.2. The van der Waals surface area contributed by atoms with Crippen LogP contribution in [0.25, 0.3) is 0 Å².